The Balaban J connectivity index is 1.71. The minimum Gasteiger partial charge on any atom is -0.277 e. The van der Waals surface area contributed by atoms with Crippen LogP contribution < -0.4 is 0 Å². The molecule has 4 aromatic rings. The topological polar surface area (TPSA) is 65.4 Å². The number of aromatic nitrogens is 3. The number of rotatable bonds is 4. The van der Waals surface area contributed by atoms with Crippen molar-refractivity contribution in [2.75, 3.05) is 0 Å². The van der Waals surface area contributed by atoms with E-state index < -0.39 is 0 Å². The van der Waals surface area contributed by atoms with E-state index in [1.807, 2.05) is 72.1 Å². The first-order chi connectivity index (χ1) is 12.8. The summed E-state index contributed by atoms with van der Waals surface area (Å²) in [6.07, 6.45) is 3.56. The lowest BCUT2D eigenvalue weighted by molar-refractivity contribution is 1.10. The molecule has 4 rings (SSSR count). The number of benzene rings is 2. The molecule has 0 bridgehead atoms. The van der Waals surface area contributed by atoms with Gasteiger partial charge < -0.3 is 0 Å². The van der Waals surface area contributed by atoms with E-state index in [0.29, 0.717) is 10.6 Å². The summed E-state index contributed by atoms with van der Waals surface area (Å²) in [6.45, 7) is 0. The van der Waals surface area contributed by atoms with Gasteiger partial charge in [-0.1, -0.05) is 60.7 Å². The zero-order chi connectivity index (χ0) is 17.8. The lowest BCUT2D eigenvalue weighted by Gasteiger charge is -2.00. The van der Waals surface area contributed by atoms with E-state index in [1.54, 1.807) is 6.20 Å². The van der Waals surface area contributed by atoms with Crippen LogP contribution in [0.3, 0.4) is 0 Å². The maximum Gasteiger partial charge on any atom is 0.134 e. The van der Waals surface area contributed by atoms with E-state index in [9.17, 15) is 5.26 Å². The molecule has 26 heavy (non-hydrogen) atoms. The van der Waals surface area contributed by atoms with Crippen LogP contribution in [0, 0.1) is 11.3 Å². The van der Waals surface area contributed by atoms with Gasteiger partial charge in [-0.25, -0.2) is 4.98 Å². The molecule has 0 unspecified atom stereocenters. The van der Waals surface area contributed by atoms with Crippen molar-refractivity contribution in [2.45, 2.75) is 0 Å². The van der Waals surface area contributed by atoms with Crippen molar-refractivity contribution in [3.63, 3.8) is 0 Å². The second kappa shape index (κ2) is 7.18. The van der Waals surface area contributed by atoms with Gasteiger partial charge in [-0.3, -0.25) is 5.10 Å². The number of allylic oxidation sites excluding steroid dienone is 1. The van der Waals surface area contributed by atoms with Crippen LogP contribution >= 0.6 is 11.3 Å². The van der Waals surface area contributed by atoms with E-state index in [2.05, 4.69) is 21.3 Å². The summed E-state index contributed by atoms with van der Waals surface area (Å²) >= 11 is 1.47. The molecule has 0 amide bonds. The van der Waals surface area contributed by atoms with Crippen molar-refractivity contribution in [3.05, 3.63) is 82.8 Å². The summed E-state index contributed by atoms with van der Waals surface area (Å²) < 4.78 is 0. The fourth-order valence-corrected chi connectivity index (χ4v) is 3.47. The van der Waals surface area contributed by atoms with Crippen LogP contribution in [-0.2, 0) is 0 Å². The van der Waals surface area contributed by atoms with Crippen molar-refractivity contribution in [1.29, 1.82) is 5.26 Å². The fraction of sp³-hybridized carbons (Fsp3) is 0. The number of nitrogens with zero attached hydrogens (tertiary/aromatic N) is 3. The average molecular weight is 354 g/mol. The largest absolute Gasteiger partial charge is 0.277 e. The second-order valence-corrected chi connectivity index (χ2v) is 6.50. The van der Waals surface area contributed by atoms with Crippen molar-refractivity contribution in [2.24, 2.45) is 0 Å². The van der Waals surface area contributed by atoms with Crippen LogP contribution in [0.2, 0.25) is 0 Å². The quantitative estimate of drug-likeness (QED) is 0.508. The number of aromatic amines is 1. The number of thiazole rings is 1. The molecule has 4 nitrogen and oxygen atoms in total. The molecule has 0 saturated carbocycles. The molecule has 2 aromatic heterocycles. The van der Waals surface area contributed by atoms with Gasteiger partial charge in [0.05, 0.1) is 23.2 Å². The van der Waals surface area contributed by atoms with E-state index in [-0.39, 0.29) is 0 Å². The van der Waals surface area contributed by atoms with Gasteiger partial charge in [-0.15, -0.1) is 11.3 Å². The van der Waals surface area contributed by atoms with Crippen molar-refractivity contribution < 1.29 is 0 Å². The summed E-state index contributed by atoms with van der Waals surface area (Å²) in [5, 5.41) is 19.5. The number of hydrogen-bond donors (Lipinski definition) is 1. The highest BCUT2D eigenvalue weighted by molar-refractivity contribution is 7.11. The third-order valence-corrected chi connectivity index (χ3v) is 4.83. The Kier molecular flexibility index (Phi) is 4.42. The normalized spacial score (nSPS) is 11.3. The van der Waals surface area contributed by atoms with Crippen molar-refractivity contribution in [1.82, 2.24) is 15.2 Å². The number of nitrogens with one attached hydrogen (secondary N) is 1. The van der Waals surface area contributed by atoms with Crippen molar-refractivity contribution in [3.8, 4) is 28.6 Å². The Morgan fingerprint density at radius 2 is 1.69 bits per heavy atom. The molecule has 0 aliphatic rings. The monoisotopic (exact) mass is 354 g/mol. The van der Waals surface area contributed by atoms with Gasteiger partial charge in [0.25, 0.3) is 0 Å². The van der Waals surface area contributed by atoms with Gasteiger partial charge in [0.2, 0.25) is 0 Å². The highest BCUT2D eigenvalue weighted by Crippen LogP contribution is 2.29. The molecule has 0 aliphatic carbocycles. The number of hydrogen-bond acceptors (Lipinski definition) is 4. The zero-order valence-corrected chi connectivity index (χ0v) is 14.6. The maximum atomic E-state index is 9.64. The summed E-state index contributed by atoms with van der Waals surface area (Å²) in [5.41, 5.74) is 5.22. The Hall–Kier alpha value is -3.49. The first-order valence-electron chi connectivity index (χ1n) is 8.07. The van der Waals surface area contributed by atoms with Gasteiger partial charge in [-0.05, 0) is 6.08 Å². The van der Waals surface area contributed by atoms with Gasteiger partial charge in [0.1, 0.15) is 11.1 Å². The predicted molar refractivity (Wildman–Crippen MR) is 105 cm³/mol. The first-order valence-corrected chi connectivity index (χ1v) is 8.95. The smallest absolute Gasteiger partial charge is 0.134 e. The minimum absolute atomic E-state index is 0.524. The molecule has 0 spiro atoms. The molecular weight excluding hydrogens is 340 g/mol. The van der Waals surface area contributed by atoms with E-state index in [1.165, 1.54) is 11.3 Å². The lowest BCUT2D eigenvalue weighted by atomic mass is 10.1. The van der Waals surface area contributed by atoms with Crippen LogP contribution in [0.25, 0.3) is 34.2 Å². The maximum absolute atomic E-state index is 9.64. The van der Waals surface area contributed by atoms with Crippen LogP contribution in [0.4, 0.5) is 0 Å². The molecule has 1 N–H and O–H groups in total. The molecule has 0 aliphatic heterocycles. The van der Waals surface area contributed by atoms with Gasteiger partial charge >= 0.3 is 0 Å². The zero-order valence-electron chi connectivity index (χ0n) is 13.8. The second-order valence-electron chi connectivity index (χ2n) is 5.64. The Morgan fingerprint density at radius 3 is 2.38 bits per heavy atom. The molecule has 5 heteroatoms. The summed E-state index contributed by atoms with van der Waals surface area (Å²) in [7, 11) is 0. The third kappa shape index (κ3) is 3.18. The molecule has 0 saturated heterocycles. The van der Waals surface area contributed by atoms with Gasteiger partial charge in [-0.2, -0.15) is 10.4 Å². The Bertz CT molecular complexity index is 1090. The Labute approximate surface area is 155 Å². The summed E-state index contributed by atoms with van der Waals surface area (Å²) in [4.78, 5) is 4.63. The highest BCUT2D eigenvalue weighted by Gasteiger charge is 2.11. The molecular formula is C21H14N4S. The average Bonchev–Trinajstić information content (AvgIpc) is 3.37. The summed E-state index contributed by atoms with van der Waals surface area (Å²) in [5.74, 6) is 0. The van der Waals surface area contributed by atoms with E-state index in [4.69, 9.17) is 0 Å². The standard InChI is InChI=1S/C21H14N4S/c22-12-17(21-24-19(14-26-21)15-7-3-1-4-8-15)11-18-13-23-25-20(18)16-9-5-2-6-10-16/h1-11,13-14H,(H,23,25)/b17-11+. The predicted octanol–water partition coefficient (Wildman–Crippen LogP) is 5.26. The molecule has 0 fully saturated rings. The minimum atomic E-state index is 0.524. The lowest BCUT2D eigenvalue weighted by Crippen LogP contribution is -1.84. The first kappa shape index (κ1) is 16.0. The summed E-state index contributed by atoms with van der Waals surface area (Å²) in [6, 6.07) is 22.2. The van der Waals surface area contributed by atoms with Crippen LogP contribution in [0.5, 0.6) is 0 Å². The number of nitriles is 1. The fourth-order valence-electron chi connectivity index (χ4n) is 2.68. The van der Waals surface area contributed by atoms with Crippen LogP contribution in [0.1, 0.15) is 10.6 Å². The molecule has 2 heterocycles. The van der Waals surface area contributed by atoms with Crippen LogP contribution in [-0.4, -0.2) is 15.2 Å². The molecule has 0 atom stereocenters. The van der Waals surface area contributed by atoms with Gasteiger partial charge in [0, 0.05) is 22.1 Å². The third-order valence-electron chi connectivity index (χ3n) is 3.96. The number of H-pyrrole nitrogens is 1. The SMILES string of the molecule is N#C/C(=C\c1cn[nH]c1-c1ccccc1)c1nc(-c2ccccc2)cs1. The molecule has 2 aromatic carbocycles. The van der Waals surface area contributed by atoms with Crippen LogP contribution in [0.15, 0.2) is 72.2 Å². The van der Waals surface area contributed by atoms with Crippen molar-refractivity contribution >= 4 is 23.0 Å². The molecule has 0 radical (unpaired) electrons. The van der Waals surface area contributed by atoms with E-state index >= 15 is 0 Å². The van der Waals surface area contributed by atoms with E-state index in [0.717, 1.165) is 28.1 Å². The Morgan fingerprint density at radius 1 is 1.00 bits per heavy atom. The van der Waals surface area contributed by atoms with Gasteiger partial charge in [0.15, 0.2) is 0 Å². The highest BCUT2D eigenvalue weighted by atomic mass is 32.1. The molecule has 124 valence electrons.